The lowest BCUT2D eigenvalue weighted by Crippen LogP contribution is -2.57. The lowest BCUT2D eigenvalue weighted by Gasteiger charge is -2.29. The maximum absolute atomic E-state index is 14.0. The highest BCUT2D eigenvalue weighted by atomic mass is 16.6. The fourth-order valence-electron chi connectivity index (χ4n) is 5.39. The first-order valence-corrected chi connectivity index (χ1v) is 17.1. The van der Waals surface area contributed by atoms with E-state index in [-0.39, 0.29) is 31.1 Å². The number of H-pyrrole nitrogens is 1. The van der Waals surface area contributed by atoms with Gasteiger partial charge in [0.25, 0.3) is 0 Å². The van der Waals surface area contributed by atoms with E-state index in [2.05, 4.69) is 31.2 Å². The first kappa shape index (κ1) is 39.0. The molecule has 3 aromatic rings. The lowest BCUT2D eigenvalue weighted by molar-refractivity contribution is -0.131. The van der Waals surface area contributed by atoms with Crippen LogP contribution in [0.25, 0.3) is 10.8 Å². The molecule has 268 valence electrons. The Hall–Kier alpha value is -4.45. The zero-order chi connectivity index (χ0) is 36.1. The zero-order valence-corrected chi connectivity index (χ0v) is 29.8. The summed E-state index contributed by atoms with van der Waals surface area (Å²) in [5.41, 5.74) is 0.623. The number of ether oxygens (including phenoxy) is 1. The van der Waals surface area contributed by atoms with E-state index in [0.29, 0.717) is 24.6 Å². The number of alkyl carbamates (subject to hydrolysis) is 1. The van der Waals surface area contributed by atoms with Crippen molar-refractivity contribution < 1.29 is 29.0 Å². The first-order valence-electron chi connectivity index (χ1n) is 17.1. The Balaban J connectivity index is 1.86. The van der Waals surface area contributed by atoms with E-state index in [9.17, 15) is 24.3 Å². The van der Waals surface area contributed by atoms with E-state index in [1.807, 2.05) is 70.2 Å². The van der Waals surface area contributed by atoms with E-state index < -0.39 is 47.7 Å². The number of aliphatic hydroxyl groups is 1. The van der Waals surface area contributed by atoms with Gasteiger partial charge in [0.05, 0.1) is 24.9 Å². The van der Waals surface area contributed by atoms with Crippen LogP contribution in [0.3, 0.4) is 0 Å². The summed E-state index contributed by atoms with van der Waals surface area (Å²) >= 11 is 0. The molecule has 6 N–H and O–H groups in total. The van der Waals surface area contributed by atoms with Crippen molar-refractivity contribution in [2.45, 2.75) is 110 Å². The number of nitrogens with one attached hydrogen (secondary N) is 5. The van der Waals surface area contributed by atoms with Crippen LogP contribution in [0.5, 0.6) is 0 Å². The van der Waals surface area contributed by atoms with E-state index in [1.165, 1.54) is 6.33 Å². The summed E-state index contributed by atoms with van der Waals surface area (Å²) in [6.07, 6.45) is 2.43. The van der Waals surface area contributed by atoms with Crippen LogP contribution in [0, 0.1) is 11.8 Å². The highest BCUT2D eigenvalue weighted by Gasteiger charge is 2.32. The van der Waals surface area contributed by atoms with Crippen molar-refractivity contribution in [1.29, 1.82) is 0 Å². The molecule has 5 atom stereocenters. The number of fused-ring (bicyclic) bond motifs is 1. The van der Waals surface area contributed by atoms with Crippen molar-refractivity contribution in [1.82, 2.24) is 31.2 Å². The molecule has 12 nitrogen and oxygen atoms in total. The minimum absolute atomic E-state index is 0.0604. The standard InChI is InChI=1S/C37H54N6O6/c1-8-24(4)20-39-33(45)19-32(44)29(16-23(2)3)41-35(47)31(18-27-21-38-22-40-27)42-34(46)30(43-36(48)49-37(5,6)7)17-26-14-11-13-25-12-9-10-15-28(25)26/h9-15,21-24,29-32,44H,8,16-20H2,1-7H3,(H,38,40)(H,39,45)(H,41,47)(H,42,46)(H,43,48)/t24?,29-,30-,31-,32-/m0/s1. The molecule has 1 heterocycles. The Morgan fingerprint density at radius 3 is 2.24 bits per heavy atom. The molecule has 0 saturated carbocycles. The summed E-state index contributed by atoms with van der Waals surface area (Å²) in [6.45, 7) is 13.7. The third kappa shape index (κ3) is 13.2. The lowest BCUT2D eigenvalue weighted by atomic mass is 9.96. The smallest absolute Gasteiger partial charge is 0.408 e. The van der Waals surface area contributed by atoms with Gasteiger partial charge in [0.2, 0.25) is 17.7 Å². The van der Waals surface area contributed by atoms with Crippen molar-refractivity contribution in [2.24, 2.45) is 11.8 Å². The molecule has 0 aliphatic heterocycles. The van der Waals surface area contributed by atoms with Gasteiger partial charge in [-0.2, -0.15) is 0 Å². The average molecular weight is 679 g/mol. The largest absolute Gasteiger partial charge is 0.444 e. The van der Waals surface area contributed by atoms with E-state index in [4.69, 9.17) is 4.74 Å². The van der Waals surface area contributed by atoms with Gasteiger partial charge in [-0.1, -0.05) is 76.6 Å². The Morgan fingerprint density at radius 1 is 0.918 bits per heavy atom. The number of nitrogens with zero attached hydrogens (tertiary/aromatic N) is 1. The van der Waals surface area contributed by atoms with Crippen molar-refractivity contribution in [3.05, 3.63) is 66.2 Å². The van der Waals surface area contributed by atoms with Crippen LogP contribution in [-0.2, 0) is 32.0 Å². The van der Waals surface area contributed by atoms with Gasteiger partial charge in [-0.15, -0.1) is 0 Å². The predicted octanol–water partition coefficient (Wildman–Crippen LogP) is 4.17. The summed E-state index contributed by atoms with van der Waals surface area (Å²) in [5.74, 6) is -1.06. The molecular weight excluding hydrogens is 624 g/mol. The van der Waals surface area contributed by atoms with Crippen LogP contribution in [0.1, 0.15) is 79.0 Å². The van der Waals surface area contributed by atoms with Crippen molar-refractivity contribution >= 4 is 34.6 Å². The minimum Gasteiger partial charge on any atom is -0.444 e. The highest BCUT2D eigenvalue weighted by Crippen LogP contribution is 2.20. The second-order valence-corrected chi connectivity index (χ2v) is 14.2. The second-order valence-electron chi connectivity index (χ2n) is 14.2. The number of benzene rings is 2. The predicted molar refractivity (Wildman–Crippen MR) is 190 cm³/mol. The first-order chi connectivity index (χ1) is 23.1. The number of hydrogen-bond acceptors (Lipinski definition) is 7. The molecule has 49 heavy (non-hydrogen) atoms. The second kappa shape index (κ2) is 18.4. The molecule has 0 bridgehead atoms. The number of aromatic nitrogens is 2. The molecule has 0 spiro atoms. The minimum atomic E-state index is -1.15. The van der Waals surface area contributed by atoms with E-state index >= 15 is 0 Å². The average Bonchev–Trinajstić information content (AvgIpc) is 3.54. The Bertz CT molecular complexity index is 1510. The maximum atomic E-state index is 14.0. The quantitative estimate of drug-likeness (QED) is 0.124. The summed E-state index contributed by atoms with van der Waals surface area (Å²) < 4.78 is 5.48. The molecule has 0 saturated heterocycles. The SMILES string of the molecule is CCC(C)CNC(=O)C[C@H](O)[C@H](CC(C)C)NC(=O)[C@H](Cc1cnc[nH]1)NC(=O)[C@H](Cc1cccc2ccccc12)NC(=O)OC(C)(C)C. The van der Waals surface area contributed by atoms with Gasteiger partial charge in [-0.3, -0.25) is 14.4 Å². The Labute approximate surface area is 289 Å². The molecule has 0 radical (unpaired) electrons. The van der Waals surface area contributed by atoms with Crippen LogP contribution in [0.2, 0.25) is 0 Å². The number of aliphatic hydroxyl groups excluding tert-OH is 1. The number of aromatic amines is 1. The van der Waals surface area contributed by atoms with Gasteiger partial charge in [0.15, 0.2) is 0 Å². The molecule has 1 unspecified atom stereocenters. The van der Waals surface area contributed by atoms with Crippen LogP contribution in [-0.4, -0.2) is 75.3 Å². The summed E-state index contributed by atoms with van der Waals surface area (Å²) in [4.78, 5) is 60.5. The normalized spacial score (nSPS) is 14.7. The summed E-state index contributed by atoms with van der Waals surface area (Å²) in [5, 5.41) is 24.3. The van der Waals surface area contributed by atoms with Crippen LogP contribution >= 0.6 is 0 Å². The van der Waals surface area contributed by atoms with Gasteiger partial charge in [0, 0.05) is 31.3 Å². The molecule has 0 fully saturated rings. The third-order valence-electron chi connectivity index (χ3n) is 8.18. The van der Waals surface area contributed by atoms with Crippen molar-refractivity contribution in [3.63, 3.8) is 0 Å². The van der Waals surface area contributed by atoms with Gasteiger partial charge in [0.1, 0.15) is 17.7 Å². The van der Waals surface area contributed by atoms with Gasteiger partial charge >= 0.3 is 6.09 Å². The molecule has 12 heteroatoms. The number of rotatable bonds is 17. The molecule has 2 aromatic carbocycles. The van der Waals surface area contributed by atoms with Gasteiger partial charge in [-0.05, 0) is 55.4 Å². The Morgan fingerprint density at radius 2 is 1.59 bits per heavy atom. The van der Waals surface area contributed by atoms with Gasteiger partial charge < -0.3 is 36.1 Å². The van der Waals surface area contributed by atoms with Crippen LogP contribution in [0.15, 0.2) is 55.0 Å². The van der Waals surface area contributed by atoms with Crippen molar-refractivity contribution in [2.75, 3.05) is 6.54 Å². The summed E-state index contributed by atoms with van der Waals surface area (Å²) in [6, 6.07) is 10.6. The van der Waals surface area contributed by atoms with Gasteiger partial charge in [-0.25, -0.2) is 9.78 Å². The fraction of sp³-hybridized carbons (Fsp3) is 0.541. The maximum Gasteiger partial charge on any atom is 0.408 e. The molecule has 3 rings (SSSR count). The molecular formula is C37H54N6O6. The Kier molecular flexibility index (Phi) is 14.6. The summed E-state index contributed by atoms with van der Waals surface area (Å²) in [7, 11) is 0. The van der Waals surface area contributed by atoms with Crippen LogP contribution in [0.4, 0.5) is 4.79 Å². The zero-order valence-electron chi connectivity index (χ0n) is 29.8. The molecule has 1 aromatic heterocycles. The number of carbonyl (C=O) groups is 4. The molecule has 4 amide bonds. The number of amides is 4. The monoisotopic (exact) mass is 678 g/mol. The van der Waals surface area contributed by atoms with Crippen molar-refractivity contribution in [3.8, 4) is 0 Å². The third-order valence-corrected chi connectivity index (χ3v) is 8.18. The highest BCUT2D eigenvalue weighted by molar-refractivity contribution is 5.93. The number of hydrogen-bond donors (Lipinski definition) is 6. The fourth-order valence-corrected chi connectivity index (χ4v) is 5.39. The number of imidazole rings is 1. The van der Waals surface area contributed by atoms with Crippen LogP contribution < -0.4 is 21.3 Å². The topological polar surface area (TPSA) is 175 Å². The van der Waals surface area contributed by atoms with E-state index in [0.717, 1.165) is 22.8 Å². The van der Waals surface area contributed by atoms with E-state index in [1.54, 1.807) is 27.0 Å². The molecule has 0 aliphatic rings. The number of carbonyl (C=O) groups excluding carboxylic acids is 4. The molecule has 0 aliphatic carbocycles.